The van der Waals surface area contributed by atoms with Gasteiger partial charge in [-0.05, 0) is 49.9 Å². The van der Waals surface area contributed by atoms with Crippen LogP contribution in [0.15, 0.2) is 34.0 Å². The summed E-state index contributed by atoms with van der Waals surface area (Å²) in [7, 11) is -3.73. The van der Waals surface area contributed by atoms with Crippen molar-refractivity contribution in [2.45, 2.75) is 62.9 Å². The van der Waals surface area contributed by atoms with Gasteiger partial charge in [-0.1, -0.05) is 18.0 Å². The number of hydrogen-bond donors (Lipinski definition) is 0. The molecule has 2 aliphatic rings. The third-order valence-electron chi connectivity index (χ3n) is 5.59. The maximum absolute atomic E-state index is 13.5. The number of sulfonamides is 1. The highest BCUT2D eigenvalue weighted by molar-refractivity contribution is 7.89. The molecule has 4 rings (SSSR count). The molecule has 0 saturated carbocycles. The first-order valence-corrected chi connectivity index (χ1v) is 11.0. The summed E-state index contributed by atoms with van der Waals surface area (Å²) in [4.78, 5) is 18.0. The molecule has 0 radical (unpaired) electrons. The molecule has 8 nitrogen and oxygen atoms in total. The van der Waals surface area contributed by atoms with Gasteiger partial charge in [0.1, 0.15) is 0 Å². The van der Waals surface area contributed by atoms with Crippen LogP contribution in [0.2, 0.25) is 0 Å². The van der Waals surface area contributed by atoms with Crippen LogP contribution in [0.5, 0.6) is 0 Å². The lowest BCUT2D eigenvalue weighted by molar-refractivity contribution is -0.116. The summed E-state index contributed by atoms with van der Waals surface area (Å²) in [5, 5.41) is 3.90. The predicted octanol–water partition coefficient (Wildman–Crippen LogP) is 2.67. The number of nitrogens with zero attached hydrogens (tertiary/aromatic N) is 4. The normalized spacial score (nSPS) is 23.4. The van der Waals surface area contributed by atoms with E-state index in [1.54, 1.807) is 23.1 Å². The number of rotatable bonds is 3. The number of anilines is 1. The van der Waals surface area contributed by atoms with Gasteiger partial charge in [-0.2, -0.15) is 9.29 Å². The average molecular weight is 404 g/mol. The predicted molar refractivity (Wildman–Crippen MR) is 102 cm³/mol. The number of hydrogen-bond acceptors (Lipinski definition) is 6. The summed E-state index contributed by atoms with van der Waals surface area (Å²) in [6, 6.07) is 4.65. The van der Waals surface area contributed by atoms with Gasteiger partial charge in [0.2, 0.25) is 22.3 Å². The molecule has 1 saturated heterocycles. The highest BCUT2D eigenvalue weighted by Crippen LogP contribution is 2.37. The van der Waals surface area contributed by atoms with E-state index in [-0.39, 0.29) is 16.8 Å². The van der Waals surface area contributed by atoms with Crippen LogP contribution in [0.1, 0.15) is 57.0 Å². The van der Waals surface area contributed by atoms with Gasteiger partial charge in [-0.25, -0.2) is 8.42 Å². The zero-order valence-electron chi connectivity index (χ0n) is 16.0. The molecule has 0 unspecified atom stereocenters. The van der Waals surface area contributed by atoms with E-state index < -0.39 is 16.1 Å². The van der Waals surface area contributed by atoms with E-state index in [0.29, 0.717) is 25.2 Å². The maximum Gasteiger partial charge on any atom is 0.243 e. The van der Waals surface area contributed by atoms with Crippen LogP contribution in [0.25, 0.3) is 0 Å². The van der Waals surface area contributed by atoms with Gasteiger partial charge in [-0.3, -0.25) is 4.79 Å². The Balaban J connectivity index is 1.72. The molecule has 2 aromatic rings. The molecule has 3 heterocycles. The van der Waals surface area contributed by atoms with E-state index in [0.717, 1.165) is 30.5 Å². The molecule has 1 fully saturated rings. The quantitative estimate of drug-likeness (QED) is 0.780. The first-order valence-electron chi connectivity index (χ1n) is 9.60. The molecular weight excluding hydrogens is 380 g/mol. The smallest absolute Gasteiger partial charge is 0.243 e. The van der Waals surface area contributed by atoms with Gasteiger partial charge >= 0.3 is 0 Å². The van der Waals surface area contributed by atoms with E-state index in [1.807, 2.05) is 6.92 Å². The summed E-state index contributed by atoms with van der Waals surface area (Å²) in [6.45, 7) is 3.92. The van der Waals surface area contributed by atoms with Crippen molar-refractivity contribution in [3.63, 3.8) is 0 Å². The lowest BCUT2D eigenvalue weighted by Gasteiger charge is -2.27. The molecule has 9 heteroatoms. The monoisotopic (exact) mass is 404 g/mol. The van der Waals surface area contributed by atoms with Gasteiger partial charge in [0.25, 0.3) is 0 Å². The third kappa shape index (κ3) is 3.22. The summed E-state index contributed by atoms with van der Waals surface area (Å²) in [6.07, 6.45) is 5.23. The summed E-state index contributed by atoms with van der Waals surface area (Å²) in [5.74, 6) is 0.370. The molecule has 28 heavy (non-hydrogen) atoms. The zero-order chi connectivity index (χ0) is 19.9. The van der Waals surface area contributed by atoms with Gasteiger partial charge in [0, 0.05) is 25.2 Å². The van der Waals surface area contributed by atoms with Crippen molar-refractivity contribution >= 4 is 21.6 Å². The number of benzene rings is 1. The van der Waals surface area contributed by atoms with Crippen LogP contribution in [-0.2, 0) is 21.2 Å². The molecule has 1 aromatic carbocycles. The lowest BCUT2D eigenvalue weighted by atomic mass is 10.1. The van der Waals surface area contributed by atoms with Crippen LogP contribution in [0, 0.1) is 0 Å². The summed E-state index contributed by atoms with van der Waals surface area (Å²) < 4.78 is 33.4. The highest BCUT2D eigenvalue weighted by atomic mass is 32.2. The molecule has 150 valence electrons. The van der Waals surface area contributed by atoms with E-state index in [1.165, 1.54) is 17.6 Å². The molecule has 0 bridgehead atoms. The summed E-state index contributed by atoms with van der Waals surface area (Å²) in [5.41, 5.74) is 1.68. The Morgan fingerprint density at radius 1 is 1.25 bits per heavy atom. The van der Waals surface area contributed by atoms with Crippen LogP contribution in [0.3, 0.4) is 0 Å². The van der Waals surface area contributed by atoms with Gasteiger partial charge in [-0.15, -0.1) is 0 Å². The first-order chi connectivity index (χ1) is 13.4. The van der Waals surface area contributed by atoms with E-state index in [4.69, 9.17) is 4.52 Å². The van der Waals surface area contributed by atoms with E-state index >= 15 is 0 Å². The summed E-state index contributed by atoms with van der Waals surface area (Å²) >= 11 is 0. The Morgan fingerprint density at radius 3 is 2.79 bits per heavy atom. The molecule has 0 aliphatic carbocycles. The van der Waals surface area contributed by atoms with E-state index in [9.17, 15) is 13.2 Å². The van der Waals surface area contributed by atoms with Crippen molar-refractivity contribution in [3.05, 3.63) is 36.0 Å². The first kappa shape index (κ1) is 19.1. The second-order valence-electron chi connectivity index (χ2n) is 7.50. The minimum atomic E-state index is -3.73. The average Bonchev–Trinajstić information content (AvgIpc) is 3.21. The Bertz CT molecular complexity index is 974. The minimum Gasteiger partial charge on any atom is -0.343 e. The topological polar surface area (TPSA) is 96.6 Å². The molecular formula is C19H24N4O4S. The number of fused-ring (bicyclic) bond motifs is 1. The van der Waals surface area contributed by atoms with Gasteiger partial charge in [0.15, 0.2) is 5.82 Å². The Hall–Kier alpha value is -2.26. The molecule has 1 amide bonds. The van der Waals surface area contributed by atoms with Gasteiger partial charge in [0.05, 0.1) is 10.9 Å². The second kappa shape index (κ2) is 7.29. The van der Waals surface area contributed by atoms with Crippen molar-refractivity contribution in [2.75, 3.05) is 11.4 Å². The fraction of sp³-hybridized carbons (Fsp3) is 0.526. The van der Waals surface area contributed by atoms with Crippen molar-refractivity contribution in [1.29, 1.82) is 0 Å². The van der Waals surface area contributed by atoms with Crippen molar-refractivity contribution in [1.82, 2.24) is 14.4 Å². The van der Waals surface area contributed by atoms with Gasteiger partial charge < -0.3 is 9.42 Å². The van der Waals surface area contributed by atoms with Crippen LogP contribution in [0.4, 0.5) is 5.69 Å². The van der Waals surface area contributed by atoms with Crippen LogP contribution in [-0.4, -0.2) is 41.4 Å². The molecule has 2 aliphatic heterocycles. The Labute approximate surface area is 164 Å². The largest absolute Gasteiger partial charge is 0.343 e. The highest BCUT2D eigenvalue weighted by Gasteiger charge is 2.37. The SMILES string of the molecule is CC(=O)N1c2ccc(S(=O)(=O)N3CCCCC[C@H]3c3ncon3)cc2C[C@H]1C. The minimum absolute atomic E-state index is 0.0238. The lowest BCUT2D eigenvalue weighted by Crippen LogP contribution is -2.35. The number of aromatic nitrogens is 2. The maximum atomic E-state index is 13.5. The molecule has 0 N–H and O–H groups in total. The molecule has 1 aromatic heterocycles. The number of carbonyl (C=O) groups excluding carboxylic acids is 1. The van der Waals surface area contributed by atoms with Crippen molar-refractivity contribution < 1.29 is 17.7 Å². The fourth-order valence-corrected chi connectivity index (χ4v) is 6.04. The Morgan fingerprint density at radius 2 is 2.07 bits per heavy atom. The van der Waals surface area contributed by atoms with E-state index in [2.05, 4.69) is 10.1 Å². The van der Waals surface area contributed by atoms with Crippen molar-refractivity contribution in [3.8, 4) is 0 Å². The molecule has 2 atom stereocenters. The Kier molecular flexibility index (Phi) is 4.96. The second-order valence-corrected chi connectivity index (χ2v) is 9.39. The van der Waals surface area contributed by atoms with Crippen molar-refractivity contribution in [2.24, 2.45) is 0 Å². The third-order valence-corrected chi connectivity index (χ3v) is 7.50. The number of amides is 1. The number of carbonyl (C=O) groups is 1. The van der Waals surface area contributed by atoms with Crippen LogP contribution >= 0.6 is 0 Å². The zero-order valence-corrected chi connectivity index (χ0v) is 16.9. The van der Waals surface area contributed by atoms with Crippen LogP contribution < -0.4 is 4.90 Å². The fourth-order valence-electron chi connectivity index (χ4n) is 4.34. The standard InChI is InChI=1S/C19H24N4O4S/c1-13-10-15-11-16(7-8-17(15)23(13)14(2)24)28(25,26)22-9-5-3-4-6-18(22)19-20-12-27-21-19/h7-8,11-13,18H,3-6,9-10H2,1-2H3/t13-,18+/m1/s1. The molecule has 0 spiro atoms.